The standard InChI is InChI=1S/C12H19IOSi/c1-12(2,3)14-11-6-4-5-10(13)9(11)7-8-15/h4-6H,7-8H2,1-3,15H3. The largest absolute Gasteiger partial charge is 0.488 e. The molecule has 0 amide bonds. The van der Waals surface area contributed by atoms with Crippen LogP contribution in [0.1, 0.15) is 26.3 Å². The van der Waals surface area contributed by atoms with Crippen LogP contribution in [0.5, 0.6) is 5.75 Å². The molecule has 15 heavy (non-hydrogen) atoms. The zero-order valence-electron chi connectivity index (χ0n) is 9.93. The van der Waals surface area contributed by atoms with E-state index < -0.39 is 0 Å². The van der Waals surface area contributed by atoms with Gasteiger partial charge in [0.05, 0.1) is 0 Å². The van der Waals surface area contributed by atoms with Gasteiger partial charge in [-0.3, -0.25) is 0 Å². The average molecular weight is 334 g/mol. The first-order chi connectivity index (χ1) is 6.94. The van der Waals surface area contributed by atoms with Crippen molar-refractivity contribution in [1.29, 1.82) is 0 Å². The van der Waals surface area contributed by atoms with Crippen molar-refractivity contribution in [2.24, 2.45) is 0 Å². The highest BCUT2D eigenvalue weighted by atomic mass is 127. The van der Waals surface area contributed by atoms with Crippen molar-refractivity contribution in [2.45, 2.75) is 38.8 Å². The summed E-state index contributed by atoms with van der Waals surface area (Å²) in [6, 6.07) is 7.60. The maximum atomic E-state index is 5.98. The van der Waals surface area contributed by atoms with Gasteiger partial charge < -0.3 is 4.74 Å². The fraction of sp³-hybridized carbons (Fsp3) is 0.500. The summed E-state index contributed by atoms with van der Waals surface area (Å²) in [7, 11) is 1.25. The third-order valence-corrected chi connectivity index (χ3v) is 3.50. The smallest absolute Gasteiger partial charge is 0.124 e. The lowest BCUT2D eigenvalue weighted by Gasteiger charge is -2.23. The first-order valence-corrected chi connectivity index (χ1v) is 7.89. The van der Waals surface area contributed by atoms with Crippen LogP contribution in [-0.2, 0) is 6.42 Å². The van der Waals surface area contributed by atoms with Crippen LogP contribution in [0, 0.1) is 3.57 Å². The van der Waals surface area contributed by atoms with Crippen LogP contribution in [0.4, 0.5) is 0 Å². The lowest BCUT2D eigenvalue weighted by atomic mass is 10.1. The molecule has 1 aromatic rings. The van der Waals surface area contributed by atoms with E-state index in [-0.39, 0.29) is 5.60 Å². The Morgan fingerprint density at radius 1 is 1.33 bits per heavy atom. The molecule has 84 valence electrons. The number of hydrogen-bond acceptors (Lipinski definition) is 1. The van der Waals surface area contributed by atoms with Crippen LogP contribution in [0.2, 0.25) is 6.04 Å². The molecule has 0 atom stereocenters. The lowest BCUT2D eigenvalue weighted by Crippen LogP contribution is -2.23. The molecule has 0 heterocycles. The van der Waals surface area contributed by atoms with E-state index in [1.165, 1.54) is 25.4 Å². The van der Waals surface area contributed by atoms with Crippen molar-refractivity contribution in [3.8, 4) is 5.75 Å². The molecule has 0 fully saturated rings. The zero-order valence-corrected chi connectivity index (χ0v) is 14.1. The Kier molecular flexibility index (Phi) is 4.64. The number of halogens is 1. The molecule has 0 radical (unpaired) electrons. The van der Waals surface area contributed by atoms with E-state index in [2.05, 4.69) is 61.6 Å². The van der Waals surface area contributed by atoms with Crippen LogP contribution in [0.15, 0.2) is 18.2 Å². The van der Waals surface area contributed by atoms with Crippen molar-refractivity contribution < 1.29 is 4.74 Å². The van der Waals surface area contributed by atoms with Crippen LogP contribution in [-0.4, -0.2) is 15.8 Å². The highest BCUT2D eigenvalue weighted by Gasteiger charge is 2.15. The molecule has 1 rings (SSSR count). The summed E-state index contributed by atoms with van der Waals surface area (Å²) >= 11 is 2.40. The first kappa shape index (κ1) is 13.0. The van der Waals surface area contributed by atoms with Crippen LogP contribution < -0.4 is 4.74 Å². The summed E-state index contributed by atoms with van der Waals surface area (Å²) in [5, 5.41) is 0. The lowest BCUT2D eigenvalue weighted by molar-refractivity contribution is 0.129. The minimum absolute atomic E-state index is 0.107. The molecular formula is C12H19IOSi. The van der Waals surface area contributed by atoms with Gasteiger partial charge in [-0.1, -0.05) is 12.1 Å². The Balaban J connectivity index is 3.00. The SMILES string of the molecule is CC(C)(C)Oc1cccc(I)c1CC[SiH3]. The van der Waals surface area contributed by atoms with Gasteiger partial charge in [-0.15, -0.1) is 0 Å². The Morgan fingerprint density at radius 2 is 2.00 bits per heavy atom. The number of rotatable bonds is 3. The molecule has 0 aliphatic rings. The summed E-state index contributed by atoms with van der Waals surface area (Å²) in [6.07, 6.45) is 1.15. The van der Waals surface area contributed by atoms with Crippen molar-refractivity contribution in [3.05, 3.63) is 27.3 Å². The molecule has 0 unspecified atom stereocenters. The van der Waals surface area contributed by atoms with Gasteiger partial charge in [-0.05, 0) is 61.9 Å². The monoisotopic (exact) mass is 334 g/mol. The highest BCUT2D eigenvalue weighted by molar-refractivity contribution is 14.1. The molecule has 0 saturated heterocycles. The molecule has 0 bridgehead atoms. The Hall–Kier alpha value is -0.0331. The summed E-state index contributed by atoms with van der Waals surface area (Å²) in [6.45, 7) is 6.28. The minimum atomic E-state index is -0.107. The Morgan fingerprint density at radius 3 is 2.53 bits per heavy atom. The molecule has 1 aromatic carbocycles. The average Bonchev–Trinajstić information content (AvgIpc) is 2.08. The van der Waals surface area contributed by atoms with E-state index in [0.717, 1.165) is 12.2 Å². The third-order valence-electron chi connectivity index (χ3n) is 1.99. The highest BCUT2D eigenvalue weighted by Crippen LogP contribution is 2.28. The Bertz CT molecular complexity index is 331. The maximum Gasteiger partial charge on any atom is 0.124 e. The van der Waals surface area contributed by atoms with E-state index >= 15 is 0 Å². The van der Waals surface area contributed by atoms with E-state index in [4.69, 9.17) is 4.74 Å². The zero-order chi connectivity index (χ0) is 11.5. The quantitative estimate of drug-likeness (QED) is 0.610. The summed E-state index contributed by atoms with van der Waals surface area (Å²) < 4.78 is 7.30. The number of ether oxygens (including phenoxy) is 1. The van der Waals surface area contributed by atoms with Crippen LogP contribution in [0.25, 0.3) is 0 Å². The molecule has 0 aliphatic carbocycles. The van der Waals surface area contributed by atoms with E-state index in [9.17, 15) is 0 Å². The molecular weight excluding hydrogens is 315 g/mol. The van der Waals surface area contributed by atoms with E-state index in [0.29, 0.717) is 0 Å². The fourth-order valence-electron chi connectivity index (χ4n) is 1.46. The van der Waals surface area contributed by atoms with Crippen LogP contribution in [0.3, 0.4) is 0 Å². The molecule has 3 heteroatoms. The summed E-state index contributed by atoms with van der Waals surface area (Å²) in [5.41, 5.74) is 1.27. The second-order valence-corrected chi connectivity index (χ2v) is 6.84. The maximum absolute atomic E-state index is 5.98. The molecule has 0 spiro atoms. The fourth-order valence-corrected chi connectivity index (χ4v) is 2.70. The third kappa shape index (κ3) is 4.15. The molecule has 0 N–H and O–H groups in total. The number of hydrogen-bond donors (Lipinski definition) is 0. The van der Waals surface area contributed by atoms with Gasteiger partial charge in [0, 0.05) is 19.4 Å². The summed E-state index contributed by atoms with van der Waals surface area (Å²) in [5.74, 6) is 1.06. The van der Waals surface area contributed by atoms with Crippen molar-refractivity contribution >= 4 is 32.8 Å². The molecule has 1 nitrogen and oxygen atoms in total. The van der Waals surface area contributed by atoms with Crippen molar-refractivity contribution in [2.75, 3.05) is 0 Å². The first-order valence-electron chi connectivity index (χ1n) is 5.40. The van der Waals surface area contributed by atoms with Gasteiger partial charge >= 0.3 is 0 Å². The summed E-state index contributed by atoms with van der Waals surface area (Å²) in [4.78, 5) is 0. The second kappa shape index (κ2) is 5.34. The molecule has 0 aromatic heterocycles. The van der Waals surface area contributed by atoms with Gasteiger partial charge in [0.2, 0.25) is 0 Å². The van der Waals surface area contributed by atoms with Crippen molar-refractivity contribution in [3.63, 3.8) is 0 Å². The van der Waals surface area contributed by atoms with Gasteiger partial charge in [0.1, 0.15) is 11.4 Å². The van der Waals surface area contributed by atoms with Gasteiger partial charge in [-0.25, -0.2) is 0 Å². The van der Waals surface area contributed by atoms with Gasteiger partial charge in [-0.2, -0.15) is 0 Å². The van der Waals surface area contributed by atoms with Crippen molar-refractivity contribution in [1.82, 2.24) is 0 Å². The van der Waals surface area contributed by atoms with E-state index in [1.54, 1.807) is 0 Å². The Labute approximate surface area is 109 Å². The van der Waals surface area contributed by atoms with E-state index in [1.807, 2.05) is 0 Å². The predicted octanol–water partition coefficient (Wildman–Crippen LogP) is 2.79. The van der Waals surface area contributed by atoms with Gasteiger partial charge in [0.25, 0.3) is 0 Å². The van der Waals surface area contributed by atoms with Crippen LogP contribution >= 0.6 is 22.6 Å². The number of benzene rings is 1. The van der Waals surface area contributed by atoms with Gasteiger partial charge in [0.15, 0.2) is 0 Å². The molecule has 0 saturated carbocycles. The minimum Gasteiger partial charge on any atom is -0.488 e. The topological polar surface area (TPSA) is 9.23 Å². The molecule has 0 aliphatic heterocycles. The normalized spacial score (nSPS) is 11.7. The predicted molar refractivity (Wildman–Crippen MR) is 78.0 cm³/mol. The second-order valence-electron chi connectivity index (χ2n) is 4.68.